The quantitative estimate of drug-likeness (QED) is 0.486. The molecule has 32 heavy (non-hydrogen) atoms. The monoisotopic (exact) mass is 440 g/mol. The zero-order chi connectivity index (χ0) is 23.1. The molecule has 8 nitrogen and oxygen atoms in total. The maximum absolute atomic E-state index is 13.5. The third-order valence-electron chi connectivity index (χ3n) is 5.34. The van der Waals surface area contributed by atoms with Gasteiger partial charge in [0.15, 0.2) is 11.5 Å². The van der Waals surface area contributed by atoms with Crippen LogP contribution in [0.4, 0.5) is 0 Å². The Morgan fingerprint density at radius 3 is 2.59 bits per heavy atom. The lowest BCUT2D eigenvalue weighted by Gasteiger charge is -2.32. The molecule has 1 saturated heterocycles. The predicted molar refractivity (Wildman–Crippen MR) is 120 cm³/mol. The van der Waals surface area contributed by atoms with E-state index in [4.69, 9.17) is 14.2 Å². The van der Waals surface area contributed by atoms with E-state index in [1.165, 1.54) is 17.7 Å². The van der Waals surface area contributed by atoms with Crippen LogP contribution >= 0.6 is 0 Å². The molecule has 0 aliphatic carbocycles. The van der Waals surface area contributed by atoms with Crippen LogP contribution in [0.25, 0.3) is 11.8 Å². The molecule has 3 rings (SSSR count). The lowest BCUT2D eigenvalue weighted by molar-refractivity contribution is -0.150. The zero-order valence-corrected chi connectivity index (χ0v) is 18.6. The summed E-state index contributed by atoms with van der Waals surface area (Å²) >= 11 is 0. The van der Waals surface area contributed by atoms with Crippen molar-refractivity contribution in [3.8, 4) is 11.5 Å². The smallest absolute Gasteiger partial charge is 0.310 e. The van der Waals surface area contributed by atoms with E-state index in [0.29, 0.717) is 43.1 Å². The summed E-state index contributed by atoms with van der Waals surface area (Å²) in [4.78, 5) is 39.9. The lowest BCUT2D eigenvalue weighted by Crippen LogP contribution is -2.44. The highest BCUT2D eigenvalue weighted by atomic mass is 16.5. The number of likely N-dealkylation sites (tertiary alicyclic amines) is 1. The van der Waals surface area contributed by atoms with Gasteiger partial charge >= 0.3 is 5.97 Å². The molecule has 170 valence electrons. The molecule has 0 spiro atoms. The van der Waals surface area contributed by atoms with Gasteiger partial charge in [0, 0.05) is 25.4 Å². The molecular formula is C24H28N2O6. The molecule has 0 radical (unpaired) electrons. The molecule has 0 N–H and O–H groups in total. The molecule has 2 aromatic rings. The summed E-state index contributed by atoms with van der Waals surface area (Å²) in [5.41, 5.74) is 0.527. The summed E-state index contributed by atoms with van der Waals surface area (Å²) in [6, 6.07) is 9.95. The summed E-state index contributed by atoms with van der Waals surface area (Å²) in [7, 11) is 3.07. The number of pyridine rings is 1. The molecule has 1 aromatic carbocycles. The number of rotatable bonds is 7. The van der Waals surface area contributed by atoms with E-state index in [9.17, 15) is 14.4 Å². The maximum atomic E-state index is 13.5. The fraction of sp³-hybridized carbons (Fsp3) is 0.375. The van der Waals surface area contributed by atoms with Gasteiger partial charge in [-0.2, -0.15) is 0 Å². The van der Waals surface area contributed by atoms with Gasteiger partial charge in [-0.3, -0.25) is 19.0 Å². The van der Waals surface area contributed by atoms with Crippen molar-refractivity contribution in [3.05, 3.63) is 58.5 Å². The molecule has 0 saturated carbocycles. The Kier molecular flexibility index (Phi) is 7.70. The average Bonchev–Trinajstić information content (AvgIpc) is 2.82. The molecule has 2 heterocycles. The fourth-order valence-corrected chi connectivity index (χ4v) is 3.74. The van der Waals surface area contributed by atoms with Crippen molar-refractivity contribution in [2.45, 2.75) is 19.8 Å². The van der Waals surface area contributed by atoms with Crippen LogP contribution in [0.1, 0.15) is 25.3 Å². The third-order valence-corrected chi connectivity index (χ3v) is 5.34. The highest BCUT2D eigenvalue weighted by molar-refractivity contribution is 6.18. The summed E-state index contributed by atoms with van der Waals surface area (Å²) in [6.45, 7) is 2.81. The number of carbonyl (C=O) groups excluding carboxylic acids is 2. The van der Waals surface area contributed by atoms with E-state index in [1.54, 1.807) is 61.5 Å². The van der Waals surface area contributed by atoms with Crippen LogP contribution in [0.15, 0.2) is 47.4 Å². The summed E-state index contributed by atoms with van der Waals surface area (Å²) < 4.78 is 17.1. The van der Waals surface area contributed by atoms with Gasteiger partial charge in [0.2, 0.25) is 0 Å². The number of esters is 1. The molecule has 1 unspecified atom stereocenters. The van der Waals surface area contributed by atoms with Crippen LogP contribution in [0.2, 0.25) is 0 Å². The highest BCUT2D eigenvalue weighted by Gasteiger charge is 2.31. The molecule has 1 aliphatic rings. The number of carbonyl (C=O) groups is 2. The third kappa shape index (κ3) is 5.19. The number of piperidine rings is 1. The fourth-order valence-electron chi connectivity index (χ4n) is 3.74. The number of hydrogen-bond acceptors (Lipinski definition) is 6. The van der Waals surface area contributed by atoms with E-state index in [-0.39, 0.29) is 35.6 Å². The Hall–Kier alpha value is -3.55. The number of aromatic nitrogens is 1. The molecule has 1 aliphatic heterocycles. The Labute approximate surface area is 187 Å². The summed E-state index contributed by atoms with van der Waals surface area (Å²) in [5.74, 6) is 0.0633. The number of hydrogen-bond donors (Lipinski definition) is 0. The van der Waals surface area contributed by atoms with Crippen molar-refractivity contribution in [3.63, 3.8) is 0 Å². The molecule has 1 aromatic heterocycles. The number of amides is 1. The second kappa shape index (κ2) is 10.7. The first kappa shape index (κ1) is 23.1. The van der Waals surface area contributed by atoms with Gasteiger partial charge in [-0.25, -0.2) is 0 Å². The Morgan fingerprint density at radius 2 is 1.91 bits per heavy atom. The SMILES string of the molecule is CCOC(=O)C1CCCN(C(=O)C(=Cc2ccc(OC)c(OC)c2)n2ccccc2=O)C1. The van der Waals surface area contributed by atoms with Crippen molar-refractivity contribution >= 4 is 23.6 Å². The summed E-state index contributed by atoms with van der Waals surface area (Å²) in [6.07, 6.45) is 4.55. The van der Waals surface area contributed by atoms with Crippen LogP contribution in [-0.2, 0) is 14.3 Å². The van der Waals surface area contributed by atoms with Gasteiger partial charge in [0.25, 0.3) is 11.5 Å². The van der Waals surface area contributed by atoms with Crippen molar-refractivity contribution < 1.29 is 23.8 Å². The molecule has 1 fully saturated rings. The van der Waals surface area contributed by atoms with Gasteiger partial charge in [0.1, 0.15) is 5.70 Å². The zero-order valence-electron chi connectivity index (χ0n) is 18.6. The van der Waals surface area contributed by atoms with Gasteiger partial charge in [0.05, 0.1) is 26.7 Å². The van der Waals surface area contributed by atoms with Crippen LogP contribution in [0.3, 0.4) is 0 Å². The predicted octanol–water partition coefficient (Wildman–Crippen LogP) is 2.67. The first-order valence-corrected chi connectivity index (χ1v) is 10.6. The second-order valence-corrected chi connectivity index (χ2v) is 7.40. The van der Waals surface area contributed by atoms with Crippen molar-refractivity contribution in [2.24, 2.45) is 5.92 Å². The average molecular weight is 440 g/mol. The van der Waals surface area contributed by atoms with Gasteiger partial charge in [-0.05, 0) is 49.6 Å². The van der Waals surface area contributed by atoms with E-state index in [0.717, 1.165) is 0 Å². The maximum Gasteiger partial charge on any atom is 0.310 e. The lowest BCUT2D eigenvalue weighted by atomic mass is 9.97. The number of benzene rings is 1. The molecule has 0 bridgehead atoms. The van der Waals surface area contributed by atoms with Crippen LogP contribution in [-0.4, -0.2) is 55.3 Å². The molecule has 1 amide bonds. The standard InChI is InChI=1S/C24H28N2O6/c1-4-32-24(29)18-8-7-12-25(16-18)23(28)19(26-13-6-5-9-22(26)27)14-17-10-11-20(30-2)21(15-17)31-3/h5-6,9-11,13-15,18H,4,7-8,12,16H2,1-3H3. The summed E-state index contributed by atoms with van der Waals surface area (Å²) in [5, 5.41) is 0. The first-order valence-electron chi connectivity index (χ1n) is 10.6. The number of nitrogens with zero attached hydrogens (tertiary/aromatic N) is 2. The molecular weight excluding hydrogens is 412 g/mol. The van der Waals surface area contributed by atoms with Crippen molar-refractivity contribution in [2.75, 3.05) is 33.9 Å². The second-order valence-electron chi connectivity index (χ2n) is 7.40. The van der Waals surface area contributed by atoms with Crippen LogP contribution < -0.4 is 15.0 Å². The van der Waals surface area contributed by atoms with Crippen LogP contribution in [0.5, 0.6) is 11.5 Å². The Morgan fingerprint density at radius 1 is 1.12 bits per heavy atom. The van der Waals surface area contributed by atoms with Gasteiger partial charge in [-0.1, -0.05) is 12.1 Å². The van der Waals surface area contributed by atoms with Gasteiger partial charge in [-0.15, -0.1) is 0 Å². The minimum Gasteiger partial charge on any atom is -0.493 e. The van der Waals surface area contributed by atoms with Crippen LogP contribution in [0, 0.1) is 5.92 Å². The molecule has 1 atom stereocenters. The van der Waals surface area contributed by atoms with E-state index in [2.05, 4.69) is 0 Å². The minimum absolute atomic E-state index is 0.187. The largest absolute Gasteiger partial charge is 0.493 e. The normalized spacial score (nSPS) is 16.4. The Bertz CT molecular complexity index is 1060. The topological polar surface area (TPSA) is 87.1 Å². The minimum atomic E-state index is -0.373. The van der Waals surface area contributed by atoms with E-state index < -0.39 is 0 Å². The number of ether oxygens (including phenoxy) is 3. The first-order chi connectivity index (χ1) is 15.5. The van der Waals surface area contributed by atoms with Gasteiger partial charge < -0.3 is 19.1 Å². The van der Waals surface area contributed by atoms with E-state index in [1.807, 2.05) is 0 Å². The Balaban J connectivity index is 2.00. The van der Waals surface area contributed by atoms with Crippen molar-refractivity contribution in [1.29, 1.82) is 0 Å². The number of methoxy groups -OCH3 is 2. The molecule has 8 heteroatoms. The van der Waals surface area contributed by atoms with E-state index >= 15 is 0 Å². The van der Waals surface area contributed by atoms with Crippen molar-refractivity contribution in [1.82, 2.24) is 9.47 Å². The highest BCUT2D eigenvalue weighted by Crippen LogP contribution is 2.29.